The number of carboxylic acids is 1. The van der Waals surface area contributed by atoms with Gasteiger partial charge >= 0.3 is 5.97 Å². The zero-order chi connectivity index (χ0) is 17.6. The summed E-state index contributed by atoms with van der Waals surface area (Å²) < 4.78 is 5.08. The number of aliphatic carboxylic acids is 1. The molecule has 0 aliphatic rings. The van der Waals surface area contributed by atoms with Crippen molar-refractivity contribution in [1.82, 2.24) is 4.98 Å². The first-order valence-corrected chi connectivity index (χ1v) is 7.39. The molecule has 6 nitrogen and oxygen atoms in total. The summed E-state index contributed by atoms with van der Waals surface area (Å²) in [7, 11) is 1.50. The van der Waals surface area contributed by atoms with Crippen molar-refractivity contribution in [1.29, 1.82) is 0 Å². The Bertz CT molecular complexity index is 718. The van der Waals surface area contributed by atoms with Crippen molar-refractivity contribution < 1.29 is 19.7 Å². The largest absolute Gasteiger partial charge is 0.497 e. The average Bonchev–Trinajstić information content (AvgIpc) is 2.60. The molecule has 2 rings (SSSR count). The van der Waals surface area contributed by atoms with Gasteiger partial charge in [-0.2, -0.15) is 0 Å². The van der Waals surface area contributed by atoms with Gasteiger partial charge in [0.2, 0.25) is 0 Å². The molecule has 2 atom stereocenters. The molecule has 0 aliphatic heterocycles. The van der Waals surface area contributed by atoms with Crippen molar-refractivity contribution in [3.05, 3.63) is 66.0 Å². The first kappa shape index (κ1) is 17.7. The summed E-state index contributed by atoms with van der Waals surface area (Å²) in [5.41, 5.74) is 5.01. The van der Waals surface area contributed by atoms with Gasteiger partial charge in [-0.15, -0.1) is 0 Å². The molecule has 1 heterocycles. The SMILES string of the molecule is COc1ccnc(C[C@](O)(C(=O)O)[C@@H](N)/C=C/c2ccccc2)c1. The summed E-state index contributed by atoms with van der Waals surface area (Å²) in [5.74, 6) is -0.876. The number of hydrogen-bond donors (Lipinski definition) is 3. The molecule has 0 unspecified atom stereocenters. The fourth-order valence-electron chi connectivity index (χ4n) is 2.23. The molecule has 0 radical (unpaired) electrons. The van der Waals surface area contributed by atoms with E-state index in [2.05, 4.69) is 4.98 Å². The molecule has 0 amide bonds. The number of rotatable bonds is 7. The van der Waals surface area contributed by atoms with Gasteiger partial charge in [0, 0.05) is 24.4 Å². The van der Waals surface area contributed by atoms with Crippen LogP contribution in [0.2, 0.25) is 0 Å². The summed E-state index contributed by atoms with van der Waals surface area (Å²) >= 11 is 0. The number of methoxy groups -OCH3 is 1. The lowest BCUT2D eigenvalue weighted by Crippen LogP contribution is -2.54. The van der Waals surface area contributed by atoms with Crippen molar-refractivity contribution in [2.24, 2.45) is 5.73 Å². The summed E-state index contributed by atoms with van der Waals surface area (Å²) in [4.78, 5) is 15.7. The highest BCUT2D eigenvalue weighted by Crippen LogP contribution is 2.20. The number of aromatic nitrogens is 1. The monoisotopic (exact) mass is 328 g/mol. The van der Waals surface area contributed by atoms with Gasteiger partial charge in [0.05, 0.1) is 13.2 Å². The van der Waals surface area contributed by atoms with Gasteiger partial charge in [-0.25, -0.2) is 4.79 Å². The number of pyridine rings is 1. The summed E-state index contributed by atoms with van der Waals surface area (Å²) in [6, 6.07) is 11.4. The smallest absolute Gasteiger partial charge is 0.338 e. The first-order chi connectivity index (χ1) is 11.5. The standard InChI is InChI=1S/C18H20N2O4/c1-24-15-9-10-20-14(11-15)12-18(23,17(21)22)16(19)8-7-13-5-3-2-4-6-13/h2-11,16,23H,12,19H2,1H3,(H,21,22)/b8-7+/t16-,18+/m0/s1. The molecule has 2 aromatic rings. The Morgan fingerprint density at radius 1 is 1.38 bits per heavy atom. The molecule has 1 aromatic heterocycles. The minimum absolute atomic E-state index is 0.236. The molecular weight excluding hydrogens is 308 g/mol. The van der Waals surface area contributed by atoms with Crippen LogP contribution in [0, 0.1) is 0 Å². The predicted octanol–water partition coefficient (Wildman–Crippen LogP) is 1.49. The number of carboxylic acid groups (broad SMARTS) is 1. The Kier molecular flexibility index (Phi) is 5.68. The number of nitrogens with two attached hydrogens (primary N) is 1. The van der Waals surface area contributed by atoms with Crippen LogP contribution in [0.5, 0.6) is 5.75 Å². The molecule has 4 N–H and O–H groups in total. The van der Waals surface area contributed by atoms with E-state index in [9.17, 15) is 15.0 Å². The van der Waals surface area contributed by atoms with E-state index in [4.69, 9.17) is 10.5 Å². The zero-order valence-electron chi connectivity index (χ0n) is 13.3. The van der Waals surface area contributed by atoms with E-state index in [0.29, 0.717) is 11.4 Å². The highest BCUT2D eigenvalue weighted by atomic mass is 16.5. The predicted molar refractivity (Wildman–Crippen MR) is 90.5 cm³/mol. The fraction of sp³-hybridized carbons (Fsp3) is 0.222. The summed E-state index contributed by atoms with van der Waals surface area (Å²) in [6.07, 6.45) is 4.41. The van der Waals surface area contributed by atoms with Crippen molar-refractivity contribution in [3.8, 4) is 5.75 Å². The van der Waals surface area contributed by atoms with Crippen molar-refractivity contribution >= 4 is 12.0 Å². The van der Waals surface area contributed by atoms with Crippen LogP contribution in [0.1, 0.15) is 11.3 Å². The molecule has 0 saturated carbocycles. The summed E-state index contributed by atoms with van der Waals surface area (Å²) in [5, 5.41) is 20.1. The number of hydrogen-bond acceptors (Lipinski definition) is 5. The Morgan fingerprint density at radius 2 is 2.08 bits per heavy atom. The third-order valence-electron chi connectivity index (χ3n) is 3.69. The minimum atomic E-state index is -2.18. The van der Waals surface area contributed by atoms with E-state index < -0.39 is 17.6 Å². The van der Waals surface area contributed by atoms with Gasteiger partial charge in [-0.05, 0) is 11.6 Å². The lowest BCUT2D eigenvalue weighted by Gasteiger charge is -2.27. The number of ether oxygens (including phenoxy) is 1. The normalized spacial score (nSPS) is 15.0. The maximum absolute atomic E-state index is 11.6. The van der Waals surface area contributed by atoms with Gasteiger partial charge in [0.25, 0.3) is 0 Å². The maximum Gasteiger partial charge on any atom is 0.338 e. The molecule has 6 heteroatoms. The second-order valence-corrected chi connectivity index (χ2v) is 5.39. The zero-order valence-corrected chi connectivity index (χ0v) is 13.3. The maximum atomic E-state index is 11.6. The van der Waals surface area contributed by atoms with Gasteiger partial charge in [-0.1, -0.05) is 42.5 Å². The van der Waals surface area contributed by atoms with Gasteiger partial charge < -0.3 is 20.7 Å². The van der Waals surface area contributed by atoms with E-state index >= 15 is 0 Å². The first-order valence-electron chi connectivity index (χ1n) is 7.39. The van der Waals surface area contributed by atoms with Crippen LogP contribution >= 0.6 is 0 Å². The van der Waals surface area contributed by atoms with E-state index in [0.717, 1.165) is 5.56 Å². The second-order valence-electron chi connectivity index (χ2n) is 5.39. The van der Waals surface area contributed by atoms with E-state index in [1.165, 1.54) is 19.4 Å². The van der Waals surface area contributed by atoms with Crippen molar-refractivity contribution in [2.75, 3.05) is 7.11 Å². The number of benzene rings is 1. The highest BCUT2D eigenvalue weighted by molar-refractivity contribution is 5.79. The average molecular weight is 328 g/mol. The van der Waals surface area contributed by atoms with Gasteiger partial charge in [-0.3, -0.25) is 4.98 Å². The Hall–Kier alpha value is -2.70. The lowest BCUT2D eigenvalue weighted by atomic mass is 9.88. The number of aliphatic hydroxyl groups is 1. The molecule has 126 valence electrons. The van der Waals surface area contributed by atoms with E-state index in [-0.39, 0.29) is 6.42 Å². The quantitative estimate of drug-likeness (QED) is 0.711. The molecule has 0 saturated heterocycles. The van der Waals surface area contributed by atoms with Gasteiger partial charge in [0.1, 0.15) is 5.75 Å². The Labute approximate surface area is 140 Å². The molecule has 24 heavy (non-hydrogen) atoms. The molecule has 0 fully saturated rings. The van der Waals surface area contributed by atoms with Crippen molar-refractivity contribution in [3.63, 3.8) is 0 Å². The molecular formula is C18H20N2O4. The third kappa shape index (κ3) is 4.18. The van der Waals surface area contributed by atoms with Crippen molar-refractivity contribution in [2.45, 2.75) is 18.1 Å². The van der Waals surface area contributed by atoms with Crippen LogP contribution in [0.3, 0.4) is 0 Å². The summed E-state index contributed by atoms with van der Waals surface area (Å²) in [6.45, 7) is 0. The van der Waals surface area contributed by atoms with Crippen LogP contribution in [0.4, 0.5) is 0 Å². The van der Waals surface area contributed by atoms with Gasteiger partial charge in [0.15, 0.2) is 5.60 Å². The van der Waals surface area contributed by atoms with Crippen LogP contribution < -0.4 is 10.5 Å². The number of nitrogens with zero attached hydrogens (tertiary/aromatic N) is 1. The topological polar surface area (TPSA) is 106 Å². The number of carbonyl (C=O) groups is 1. The Balaban J connectivity index is 2.22. The van der Waals surface area contributed by atoms with E-state index in [1.54, 1.807) is 18.2 Å². The van der Waals surface area contributed by atoms with Crippen LogP contribution in [0.15, 0.2) is 54.7 Å². The highest BCUT2D eigenvalue weighted by Gasteiger charge is 2.41. The van der Waals surface area contributed by atoms with E-state index in [1.807, 2.05) is 30.3 Å². The Morgan fingerprint density at radius 3 is 2.71 bits per heavy atom. The van der Waals surface area contributed by atoms with Crippen LogP contribution in [-0.2, 0) is 11.2 Å². The molecule has 1 aromatic carbocycles. The minimum Gasteiger partial charge on any atom is -0.497 e. The fourth-order valence-corrected chi connectivity index (χ4v) is 2.23. The van der Waals surface area contributed by atoms with Crippen LogP contribution in [0.25, 0.3) is 6.08 Å². The van der Waals surface area contributed by atoms with Crippen LogP contribution in [-0.4, -0.2) is 39.9 Å². The lowest BCUT2D eigenvalue weighted by molar-refractivity contribution is -0.159. The molecule has 0 bridgehead atoms. The molecule has 0 spiro atoms. The second kappa shape index (κ2) is 7.72. The third-order valence-corrected chi connectivity index (χ3v) is 3.69. The molecule has 0 aliphatic carbocycles.